The molecule has 4 fully saturated rings. The van der Waals surface area contributed by atoms with Gasteiger partial charge in [-0.15, -0.1) is 0 Å². The normalized spacial score (nSPS) is 27.2. The van der Waals surface area contributed by atoms with Gasteiger partial charge in [-0.3, -0.25) is 28.8 Å². The number of hydrogen-bond acceptors (Lipinski definition) is 29. The number of methoxy groups -OCH3 is 3. The molecule has 35 nitrogen and oxygen atoms in total. The highest BCUT2D eigenvalue weighted by Gasteiger charge is 2.53. The number of cyclic esters (lactones) is 1. The first-order valence-corrected chi connectivity index (χ1v) is 46.2. The highest BCUT2D eigenvalue weighted by Crippen LogP contribution is 2.40. The largest absolute Gasteiger partial charge is 0.460 e. The van der Waals surface area contributed by atoms with Gasteiger partial charge in [-0.2, -0.15) is 5.10 Å². The van der Waals surface area contributed by atoms with Crippen molar-refractivity contribution in [3.8, 4) is 11.3 Å². The number of aromatic nitrogens is 8. The Morgan fingerprint density at radius 3 is 2.17 bits per heavy atom. The fraction of sp³-hybridized carbons (Fsp3) is 0.604. The first kappa shape index (κ1) is 99.8. The number of anilines is 2. The maximum Gasteiger partial charge on any atom is 0.410 e. The van der Waals surface area contributed by atoms with Crippen molar-refractivity contribution in [2.75, 3.05) is 144 Å². The molecule has 4 amide bonds. The number of benzene rings is 1. The van der Waals surface area contributed by atoms with Crippen LogP contribution in [-0.4, -0.2) is 299 Å². The van der Waals surface area contributed by atoms with E-state index in [1.807, 2.05) is 84.0 Å². The number of carbonyl (C=O) groups is 8. The van der Waals surface area contributed by atoms with E-state index in [0.717, 1.165) is 39.7 Å². The predicted octanol–water partition coefficient (Wildman–Crippen LogP) is 9.04. The van der Waals surface area contributed by atoms with Gasteiger partial charge in [-0.05, 0) is 142 Å². The van der Waals surface area contributed by atoms with Crippen molar-refractivity contribution in [3.63, 3.8) is 0 Å². The van der Waals surface area contributed by atoms with Gasteiger partial charge in [0, 0.05) is 140 Å². The Kier molecular flexibility index (Phi) is 36.9. The topological polar surface area (TPSA) is 428 Å². The van der Waals surface area contributed by atoms with Crippen molar-refractivity contribution in [1.29, 1.82) is 0 Å². The maximum atomic E-state index is 14.8. The van der Waals surface area contributed by atoms with Crippen LogP contribution in [0.15, 0.2) is 109 Å². The molecule has 12 rings (SSSR count). The Labute approximate surface area is 765 Å². The Bertz CT molecular complexity index is 4970. The SMILES string of the molecule is CO[C@H]1C[C@@H]2CC[C@@H](C)[C@@](O)(O2)C(=O)C(=O)N2CCCC[C@H]2C(=O)O[C@H]([C@H](C)C[C@@H]2CC[C@@H](OC(=O)N3CCN(c4ncc(C(=O)NCCOCCOCCOCCOCCOCCC(=O)N5CCc6cc(Cn7nc(-c8cnc9[nH]ccc9c8)c8c(N)ncnc87)ccc6C5)cn4)CC3)[C@H](OC)C2)CC(=O)[C@H](C)/C=C(\C)[C@@H](O)[C@@H](OC)C(=O)[C@H](C)C[C@H](C)/C=C/C=C/C=C/1C. The summed E-state index contributed by atoms with van der Waals surface area (Å²) in [7, 11) is 4.50. The number of piperidine rings is 1. The molecule has 2 bridgehead atoms. The highest BCUT2D eigenvalue weighted by atomic mass is 16.6. The van der Waals surface area contributed by atoms with Gasteiger partial charge in [0.1, 0.15) is 59.7 Å². The minimum absolute atomic E-state index is 0.0248. The van der Waals surface area contributed by atoms with Gasteiger partial charge in [0.05, 0.1) is 108 Å². The van der Waals surface area contributed by atoms with Gasteiger partial charge in [0.15, 0.2) is 11.4 Å². The number of pyridine rings is 1. The number of Topliss-reactive ketones (excluding diaryl/α,β-unsaturated/α-hetero) is 3. The standard InChI is InChI=1S/C96H132N14O21/c1-60-16-12-11-13-17-61(2)78(121-8)52-74-23-19-66(7)96(120,131-74)87(115)92(117)109-30-15-14-18-75(109)93(118)129-79(53-76(111)62(3)47-65(6)85(114)86(123-10)84(113)64(5)46-60)63(4)48-67-21-24-77(80(50-67)122-9)130-95(119)107-34-32-106(33-35-107)94-101-55-73(56-102-94)91(116)99-29-37-125-39-41-127-43-45-128-44-42-126-40-38-124-36-27-81(112)108-31-26-69-49-68(20-22-71(69)58-108)57-110-90-82(88(97)103-59-104-90)83(105-110)72-51-70-25-28-98-89(70)100-54-72/h11-13,16-17,20,22,25,28,47,49,51,54-56,59-60,62-64,66-67,74-75,77-80,85-86,114,120H,14-15,18-19,21,23-24,26-27,29-46,48,50,52-53,57-58H2,1-10H3,(H,98,100)(H,99,116)(H2,97,103,104)/b13-11+,16-12+,61-17+,65-47+/t60-,62-,63-,64-,66-,67+,74+,75+,77-,78+,79+,80-,85-,86+,96-/m1/s1. The van der Waals surface area contributed by atoms with Crippen molar-refractivity contribution in [2.45, 2.75) is 206 Å². The number of aromatic amines is 1. The fourth-order valence-electron chi connectivity index (χ4n) is 18.3. The average Bonchev–Trinajstić information content (AvgIpc) is 1.69. The second-order valence-electron chi connectivity index (χ2n) is 35.5. The summed E-state index contributed by atoms with van der Waals surface area (Å²) < 4.78 is 66.6. The Balaban J connectivity index is 0.521. The first-order chi connectivity index (χ1) is 63.2. The van der Waals surface area contributed by atoms with Gasteiger partial charge < -0.3 is 98.0 Å². The van der Waals surface area contributed by atoms with Crippen LogP contribution in [0, 0.1) is 35.5 Å². The number of aliphatic hydroxyl groups is 2. The minimum atomic E-state index is -2.49. The molecule has 0 spiro atoms. The van der Waals surface area contributed by atoms with Gasteiger partial charge >= 0.3 is 12.1 Å². The Morgan fingerprint density at radius 2 is 1.45 bits per heavy atom. The van der Waals surface area contributed by atoms with Crippen molar-refractivity contribution in [1.82, 2.24) is 59.7 Å². The van der Waals surface area contributed by atoms with Crippen LogP contribution < -0.4 is 16.0 Å². The third-order valence-corrected chi connectivity index (χ3v) is 26.1. The summed E-state index contributed by atoms with van der Waals surface area (Å²) in [6.07, 6.45) is 18.3. The van der Waals surface area contributed by atoms with E-state index in [1.165, 1.54) is 36.3 Å². The smallest absolute Gasteiger partial charge is 0.410 e. The molecular weight excluding hydrogens is 1690 g/mol. The number of nitrogen functional groups attached to an aromatic ring is 1. The lowest BCUT2D eigenvalue weighted by Crippen LogP contribution is -2.61. The summed E-state index contributed by atoms with van der Waals surface area (Å²) in [5.41, 5.74) is 14.1. The number of rotatable bonds is 30. The molecule has 15 atom stereocenters. The third kappa shape index (κ3) is 26.7. The summed E-state index contributed by atoms with van der Waals surface area (Å²) in [6, 6.07) is 9.10. The number of allylic oxidation sites excluding steroid dienone is 6. The third-order valence-electron chi connectivity index (χ3n) is 26.1. The maximum absolute atomic E-state index is 14.8. The number of aliphatic hydroxyl groups excluding tert-OH is 1. The highest BCUT2D eigenvalue weighted by molar-refractivity contribution is 6.39. The number of ketones is 3. The van der Waals surface area contributed by atoms with Crippen molar-refractivity contribution in [3.05, 3.63) is 131 Å². The number of piperazine rings is 1. The lowest BCUT2D eigenvalue weighted by atomic mass is 9.78. The van der Waals surface area contributed by atoms with E-state index in [2.05, 4.69) is 53.4 Å². The summed E-state index contributed by atoms with van der Waals surface area (Å²) in [4.78, 5) is 145. The quantitative estimate of drug-likeness (QED) is 0.0121. The molecule has 1 saturated carbocycles. The predicted molar refractivity (Wildman–Crippen MR) is 486 cm³/mol. The zero-order chi connectivity index (χ0) is 93.3. The van der Waals surface area contributed by atoms with Crippen LogP contribution in [0.1, 0.15) is 159 Å². The van der Waals surface area contributed by atoms with E-state index in [9.17, 15) is 48.6 Å². The molecular formula is C96H132N14O21. The van der Waals surface area contributed by atoms with E-state index in [-0.39, 0.29) is 86.2 Å². The van der Waals surface area contributed by atoms with Crippen LogP contribution in [0.25, 0.3) is 33.3 Å². The number of ether oxygens (including phenoxy) is 11. The Hall–Kier alpha value is -10.2. The number of nitrogens with two attached hydrogens (primary N) is 1. The van der Waals surface area contributed by atoms with Gasteiger partial charge in [0.2, 0.25) is 17.6 Å². The van der Waals surface area contributed by atoms with Crippen LogP contribution in [0.5, 0.6) is 0 Å². The number of esters is 1. The molecule has 10 heterocycles. The number of hydrogen-bond donors (Lipinski definition) is 5. The molecule has 5 aromatic heterocycles. The van der Waals surface area contributed by atoms with Crippen LogP contribution in [0.4, 0.5) is 16.6 Å². The van der Waals surface area contributed by atoms with Gasteiger partial charge in [-0.1, -0.05) is 89.3 Å². The average molecular weight is 1820 g/mol. The van der Waals surface area contributed by atoms with Crippen LogP contribution in [0.2, 0.25) is 0 Å². The molecule has 5 aliphatic heterocycles. The minimum Gasteiger partial charge on any atom is -0.460 e. The zero-order valence-electron chi connectivity index (χ0n) is 77.3. The zero-order valence-corrected chi connectivity index (χ0v) is 77.3. The monoisotopic (exact) mass is 1820 g/mol. The molecule has 1 aromatic carbocycles. The van der Waals surface area contributed by atoms with Crippen LogP contribution in [-0.2, 0) is 100 Å². The second-order valence-corrected chi connectivity index (χ2v) is 35.5. The van der Waals surface area contributed by atoms with Crippen LogP contribution in [0.3, 0.4) is 0 Å². The number of nitrogens with zero attached hydrogens (tertiary/aromatic N) is 11. The number of H-pyrrole nitrogens is 1. The van der Waals surface area contributed by atoms with E-state index in [4.69, 9.17) is 62.9 Å². The second kappa shape index (κ2) is 48.5. The molecule has 131 heavy (non-hydrogen) atoms. The number of fused-ring (bicyclic) bond motifs is 6. The van der Waals surface area contributed by atoms with Crippen molar-refractivity contribution < 1.29 is 101 Å². The lowest BCUT2D eigenvalue weighted by molar-refractivity contribution is -0.265. The summed E-state index contributed by atoms with van der Waals surface area (Å²) in [5.74, 6) is -8.32. The molecule has 0 radical (unpaired) electrons. The van der Waals surface area contributed by atoms with Gasteiger partial charge in [-0.25, -0.2) is 39.2 Å². The van der Waals surface area contributed by atoms with Crippen LogP contribution >= 0.6 is 0 Å². The molecule has 6 aliphatic rings. The number of nitrogens with one attached hydrogen (secondary N) is 2. The molecule has 6 N–H and O–H groups in total. The molecule has 35 heteroatoms. The van der Waals surface area contributed by atoms with E-state index in [1.54, 1.807) is 59.1 Å². The molecule has 712 valence electrons. The molecule has 0 unspecified atom stereocenters. The van der Waals surface area contributed by atoms with Gasteiger partial charge in [0.25, 0.3) is 17.6 Å². The molecule has 1 aliphatic carbocycles. The summed E-state index contributed by atoms with van der Waals surface area (Å²) >= 11 is 0. The first-order valence-electron chi connectivity index (χ1n) is 46.2. The number of amides is 4. The van der Waals surface area contributed by atoms with Crippen molar-refractivity contribution >= 4 is 81.0 Å². The number of carbonyl (C=O) groups excluding carboxylic acids is 8. The van der Waals surface area contributed by atoms with E-state index < -0.39 is 102 Å². The molecule has 3 saturated heterocycles. The fourth-order valence-corrected chi connectivity index (χ4v) is 18.3. The van der Waals surface area contributed by atoms with Crippen molar-refractivity contribution in [2.24, 2.45) is 35.5 Å². The van der Waals surface area contributed by atoms with E-state index in [0.29, 0.717) is 197 Å². The summed E-state index contributed by atoms with van der Waals surface area (Å²) in [5, 5.41) is 33.3. The Morgan fingerprint density at radius 1 is 0.725 bits per heavy atom. The van der Waals surface area contributed by atoms with E-state index >= 15 is 0 Å². The molecule has 6 aromatic rings. The lowest BCUT2D eigenvalue weighted by Gasteiger charge is -2.42. The summed E-state index contributed by atoms with van der Waals surface area (Å²) in [6.45, 7) is 19.3.